The van der Waals surface area contributed by atoms with Gasteiger partial charge in [-0.25, -0.2) is 0 Å². The lowest BCUT2D eigenvalue weighted by molar-refractivity contribution is -0.0744. The second-order valence-electron chi connectivity index (χ2n) is 6.02. The van der Waals surface area contributed by atoms with Gasteiger partial charge in [0.2, 0.25) is 0 Å². The van der Waals surface area contributed by atoms with Crippen LogP contribution in [0.4, 0.5) is 0 Å². The highest BCUT2D eigenvalue weighted by Crippen LogP contribution is 2.30. The third-order valence-electron chi connectivity index (χ3n) is 4.36. The average Bonchev–Trinajstić information content (AvgIpc) is 2.28. The van der Waals surface area contributed by atoms with Gasteiger partial charge < -0.3 is 10.5 Å². The molecule has 4 atom stereocenters. The number of ether oxygens (including phenoxy) is 1. The van der Waals surface area contributed by atoms with Crippen LogP contribution in [0.2, 0.25) is 0 Å². The Labute approximate surface area is 106 Å². The minimum atomic E-state index is 0.388. The zero-order chi connectivity index (χ0) is 12.3. The van der Waals surface area contributed by atoms with Gasteiger partial charge in [0.05, 0.1) is 12.2 Å². The summed E-state index contributed by atoms with van der Waals surface area (Å²) in [5.41, 5.74) is 5.91. The van der Waals surface area contributed by atoms with Crippen molar-refractivity contribution < 1.29 is 4.74 Å². The Morgan fingerprint density at radius 1 is 1.06 bits per heavy atom. The zero-order valence-electron chi connectivity index (χ0n) is 11.4. The largest absolute Gasteiger partial charge is 0.373 e. The third-order valence-corrected chi connectivity index (χ3v) is 4.36. The molecule has 0 bridgehead atoms. The smallest absolute Gasteiger partial charge is 0.0678 e. The molecule has 0 aromatic rings. The molecule has 2 N–H and O–H groups in total. The van der Waals surface area contributed by atoms with Crippen LogP contribution in [0.3, 0.4) is 0 Å². The van der Waals surface area contributed by atoms with Crippen molar-refractivity contribution in [1.29, 1.82) is 0 Å². The number of morpholine rings is 1. The number of hydrogen-bond donors (Lipinski definition) is 1. The summed E-state index contributed by atoms with van der Waals surface area (Å²) in [6, 6.07) is 0. The minimum Gasteiger partial charge on any atom is -0.373 e. The summed E-state index contributed by atoms with van der Waals surface area (Å²) in [6.45, 7) is 8.67. The van der Waals surface area contributed by atoms with Crippen molar-refractivity contribution in [2.45, 2.75) is 51.7 Å². The third kappa shape index (κ3) is 3.67. The van der Waals surface area contributed by atoms with Crippen molar-refractivity contribution in [2.75, 3.05) is 26.2 Å². The van der Waals surface area contributed by atoms with E-state index in [1.54, 1.807) is 0 Å². The lowest BCUT2D eigenvalue weighted by atomic mass is 9.79. The summed E-state index contributed by atoms with van der Waals surface area (Å²) >= 11 is 0. The van der Waals surface area contributed by atoms with Crippen LogP contribution < -0.4 is 5.73 Å². The zero-order valence-corrected chi connectivity index (χ0v) is 11.4. The molecule has 3 heteroatoms. The first-order chi connectivity index (χ1) is 8.19. The van der Waals surface area contributed by atoms with E-state index in [1.165, 1.54) is 32.2 Å². The molecule has 3 nitrogen and oxygen atoms in total. The van der Waals surface area contributed by atoms with Crippen LogP contribution in [0.5, 0.6) is 0 Å². The molecule has 4 unspecified atom stereocenters. The van der Waals surface area contributed by atoms with E-state index >= 15 is 0 Å². The maximum Gasteiger partial charge on any atom is 0.0678 e. The van der Waals surface area contributed by atoms with Gasteiger partial charge >= 0.3 is 0 Å². The first-order valence-electron chi connectivity index (χ1n) is 7.27. The molecule has 2 fully saturated rings. The quantitative estimate of drug-likeness (QED) is 0.818. The first-order valence-corrected chi connectivity index (χ1v) is 7.27. The first kappa shape index (κ1) is 13.3. The molecule has 1 aliphatic heterocycles. The molecule has 100 valence electrons. The van der Waals surface area contributed by atoms with Crippen molar-refractivity contribution in [2.24, 2.45) is 17.6 Å². The highest BCUT2D eigenvalue weighted by molar-refractivity contribution is 4.81. The van der Waals surface area contributed by atoms with Crippen molar-refractivity contribution >= 4 is 0 Å². The molecule has 0 amide bonds. The normalized spacial score (nSPS) is 40.4. The fraction of sp³-hybridized carbons (Fsp3) is 1.00. The van der Waals surface area contributed by atoms with E-state index in [1.807, 2.05) is 0 Å². The van der Waals surface area contributed by atoms with Crippen molar-refractivity contribution in [1.82, 2.24) is 4.90 Å². The van der Waals surface area contributed by atoms with E-state index in [9.17, 15) is 0 Å². The Balaban J connectivity index is 1.85. The van der Waals surface area contributed by atoms with Gasteiger partial charge in [-0.15, -0.1) is 0 Å². The highest BCUT2D eigenvalue weighted by Gasteiger charge is 2.29. The van der Waals surface area contributed by atoms with Crippen LogP contribution >= 0.6 is 0 Å². The Kier molecular flexibility index (Phi) is 4.83. The topological polar surface area (TPSA) is 38.5 Å². The van der Waals surface area contributed by atoms with Gasteiger partial charge in [0.15, 0.2) is 0 Å². The highest BCUT2D eigenvalue weighted by atomic mass is 16.5. The summed E-state index contributed by atoms with van der Waals surface area (Å²) in [7, 11) is 0. The fourth-order valence-electron chi connectivity index (χ4n) is 3.60. The summed E-state index contributed by atoms with van der Waals surface area (Å²) in [5, 5.41) is 0. The van der Waals surface area contributed by atoms with E-state index in [0.717, 1.165) is 31.5 Å². The van der Waals surface area contributed by atoms with E-state index in [0.29, 0.717) is 12.2 Å². The van der Waals surface area contributed by atoms with Crippen LogP contribution in [-0.4, -0.2) is 43.3 Å². The molecular formula is C14H28N2O. The van der Waals surface area contributed by atoms with E-state index < -0.39 is 0 Å². The van der Waals surface area contributed by atoms with E-state index in [2.05, 4.69) is 18.7 Å². The standard InChI is InChI=1S/C14H28N2O/c1-11-8-16(9-12(2)17-11)10-14-6-4-3-5-13(14)7-15/h11-14H,3-10,15H2,1-2H3. The number of nitrogens with two attached hydrogens (primary N) is 1. The van der Waals surface area contributed by atoms with Crippen LogP contribution in [0.15, 0.2) is 0 Å². The Hall–Kier alpha value is -0.120. The average molecular weight is 240 g/mol. The molecule has 0 aromatic carbocycles. The van der Waals surface area contributed by atoms with Gasteiger partial charge in [0.1, 0.15) is 0 Å². The molecule has 2 aliphatic rings. The molecular weight excluding hydrogens is 212 g/mol. The molecule has 2 rings (SSSR count). The Morgan fingerprint density at radius 2 is 1.65 bits per heavy atom. The minimum absolute atomic E-state index is 0.388. The number of nitrogens with zero attached hydrogens (tertiary/aromatic N) is 1. The van der Waals surface area contributed by atoms with Gasteiger partial charge in [-0.2, -0.15) is 0 Å². The lowest BCUT2D eigenvalue weighted by Crippen LogP contribution is -2.48. The monoisotopic (exact) mass is 240 g/mol. The SMILES string of the molecule is CC1CN(CC2CCCCC2CN)CC(C)O1. The van der Waals surface area contributed by atoms with Gasteiger partial charge in [-0.05, 0) is 45.1 Å². The van der Waals surface area contributed by atoms with Crippen LogP contribution in [0.1, 0.15) is 39.5 Å². The van der Waals surface area contributed by atoms with Gasteiger partial charge in [-0.3, -0.25) is 4.90 Å². The molecule has 17 heavy (non-hydrogen) atoms. The van der Waals surface area contributed by atoms with Crippen LogP contribution in [0.25, 0.3) is 0 Å². The summed E-state index contributed by atoms with van der Waals surface area (Å²) in [6.07, 6.45) is 6.28. The van der Waals surface area contributed by atoms with Crippen LogP contribution in [-0.2, 0) is 4.74 Å². The van der Waals surface area contributed by atoms with Crippen molar-refractivity contribution in [3.05, 3.63) is 0 Å². The van der Waals surface area contributed by atoms with Gasteiger partial charge in [0.25, 0.3) is 0 Å². The predicted octanol–water partition coefficient (Wildman–Crippen LogP) is 1.86. The van der Waals surface area contributed by atoms with Gasteiger partial charge in [0, 0.05) is 19.6 Å². The molecule has 1 heterocycles. The second-order valence-corrected chi connectivity index (χ2v) is 6.02. The Bertz CT molecular complexity index is 224. The number of hydrogen-bond acceptors (Lipinski definition) is 3. The molecule has 0 radical (unpaired) electrons. The molecule has 0 aromatic heterocycles. The van der Waals surface area contributed by atoms with Gasteiger partial charge in [-0.1, -0.05) is 12.8 Å². The summed E-state index contributed by atoms with van der Waals surface area (Å²) in [5.74, 6) is 1.59. The fourth-order valence-corrected chi connectivity index (χ4v) is 3.60. The lowest BCUT2D eigenvalue weighted by Gasteiger charge is -2.40. The summed E-state index contributed by atoms with van der Waals surface area (Å²) in [4.78, 5) is 2.59. The van der Waals surface area contributed by atoms with E-state index in [-0.39, 0.29) is 0 Å². The maximum absolute atomic E-state index is 5.91. The second kappa shape index (κ2) is 6.17. The summed E-state index contributed by atoms with van der Waals surface area (Å²) < 4.78 is 5.79. The van der Waals surface area contributed by atoms with Crippen LogP contribution in [0, 0.1) is 11.8 Å². The molecule has 0 spiro atoms. The number of rotatable bonds is 3. The molecule has 1 aliphatic carbocycles. The molecule has 1 saturated heterocycles. The Morgan fingerprint density at radius 3 is 2.24 bits per heavy atom. The predicted molar refractivity (Wildman–Crippen MR) is 71.0 cm³/mol. The molecule has 1 saturated carbocycles. The maximum atomic E-state index is 5.91. The van der Waals surface area contributed by atoms with E-state index in [4.69, 9.17) is 10.5 Å². The van der Waals surface area contributed by atoms with Crippen molar-refractivity contribution in [3.8, 4) is 0 Å². The van der Waals surface area contributed by atoms with Crippen molar-refractivity contribution in [3.63, 3.8) is 0 Å².